The van der Waals surface area contributed by atoms with Crippen molar-refractivity contribution < 1.29 is 14.3 Å². The number of benzene rings is 1. The first-order valence-corrected chi connectivity index (χ1v) is 11.6. The first-order valence-electron chi connectivity index (χ1n) is 11.6. The van der Waals surface area contributed by atoms with Crippen LogP contribution in [-0.4, -0.2) is 61.2 Å². The van der Waals surface area contributed by atoms with Gasteiger partial charge in [0, 0.05) is 50.5 Å². The number of carbonyl (C=O) groups is 1. The molecule has 0 saturated carbocycles. The molecule has 1 unspecified atom stereocenters. The Labute approximate surface area is 190 Å². The molecule has 172 valence electrons. The predicted octanol–water partition coefficient (Wildman–Crippen LogP) is 3.49. The Morgan fingerprint density at radius 2 is 2.06 bits per heavy atom. The highest BCUT2D eigenvalue weighted by Gasteiger charge is 2.29. The van der Waals surface area contributed by atoms with E-state index in [0.29, 0.717) is 19.6 Å². The van der Waals surface area contributed by atoms with Crippen LogP contribution < -0.4 is 9.64 Å². The molecule has 1 fully saturated rings. The summed E-state index contributed by atoms with van der Waals surface area (Å²) in [5, 5.41) is 0. The maximum absolute atomic E-state index is 12.5. The largest absolute Gasteiger partial charge is 0.497 e. The van der Waals surface area contributed by atoms with Gasteiger partial charge >= 0.3 is 0 Å². The molecule has 2 aliphatic heterocycles. The Kier molecular flexibility index (Phi) is 7.25. The molecule has 0 bridgehead atoms. The Balaban J connectivity index is 1.56. The molecule has 7 nitrogen and oxygen atoms in total. The highest BCUT2D eigenvalue weighted by Crippen LogP contribution is 2.32. The molecule has 2 aliphatic rings. The van der Waals surface area contributed by atoms with E-state index in [1.54, 1.807) is 14.2 Å². The SMILES string of the molecule is COCCC(=O)N1CCCC(c2nc(C)c3c(n2)N(Cc2cccc(OC)c2)CCC3)C1. The lowest BCUT2D eigenvalue weighted by molar-refractivity contribution is -0.133. The highest BCUT2D eigenvalue weighted by atomic mass is 16.5. The summed E-state index contributed by atoms with van der Waals surface area (Å²) in [6.07, 6.45) is 4.55. The van der Waals surface area contributed by atoms with Crippen molar-refractivity contribution >= 4 is 11.7 Å². The van der Waals surface area contributed by atoms with E-state index < -0.39 is 0 Å². The van der Waals surface area contributed by atoms with Crippen LogP contribution in [0.1, 0.15) is 54.2 Å². The maximum atomic E-state index is 12.5. The highest BCUT2D eigenvalue weighted by molar-refractivity contribution is 5.76. The van der Waals surface area contributed by atoms with Crippen molar-refractivity contribution in [2.24, 2.45) is 0 Å². The van der Waals surface area contributed by atoms with E-state index in [1.807, 2.05) is 17.0 Å². The van der Waals surface area contributed by atoms with Crippen LogP contribution in [0.5, 0.6) is 5.75 Å². The molecule has 4 rings (SSSR count). The third-order valence-electron chi connectivity index (χ3n) is 6.53. The van der Waals surface area contributed by atoms with E-state index >= 15 is 0 Å². The van der Waals surface area contributed by atoms with Gasteiger partial charge in [-0.15, -0.1) is 0 Å². The second-order valence-corrected chi connectivity index (χ2v) is 8.77. The Bertz CT molecular complexity index is 949. The normalized spacial score (nSPS) is 18.4. The van der Waals surface area contributed by atoms with Gasteiger partial charge in [0.05, 0.1) is 20.1 Å². The molecule has 0 spiro atoms. The van der Waals surface area contributed by atoms with Crippen molar-refractivity contribution in [3.8, 4) is 5.75 Å². The van der Waals surface area contributed by atoms with Gasteiger partial charge in [0.15, 0.2) is 0 Å². The number of methoxy groups -OCH3 is 2. The zero-order valence-electron chi connectivity index (χ0n) is 19.5. The number of fused-ring (bicyclic) bond motifs is 1. The lowest BCUT2D eigenvalue weighted by Gasteiger charge is -2.34. The minimum atomic E-state index is 0.158. The lowest BCUT2D eigenvalue weighted by Crippen LogP contribution is -2.40. The maximum Gasteiger partial charge on any atom is 0.224 e. The summed E-state index contributed by atoms with van der Waals surface area (Å²) in [5.74, 6) is 3.15. The fourth-order valence-electron chi connectivity index (χ4n) is 4.80. The van der Waals surface area contributed by atoms with E-state index in [1.165, 1.54) is 11.1 Å². The molecule has 32 heavy (non-hydrogen) atoms. The first-order chi connectivity index (χ1) is 15.6. The number of aryl methyl sites for hydroxylation is 1. The van der Waals surface area contributed by atoms with Crippen LogP contribution >= 0.6 is 0 Å². The number of likely N-dealkylation sites (tertiary alicyclic amines) is 1. The van der Waals surface area contributed by atoms with E-state index in [2.05, 4.69) is 24.0 Å². The molecule has 7 heteroatoms. The number of hydrogen-bond acceptors (Lipinski definition) is 6. The molecule has 3 heterocycles. The predicted molar refractivity (Wildman–Crippen MR) is 124 cm³/mol. The topological polar surface area (TPSA) is 67.8 Å². The number of piperidine rings is 1. The van der Waals surface area contributed by atoms with Gasteiger partial charge in [-0.05, 0) is 50.3 Å². The molecule has 1 saturated heterocycles. The summed E-state index contributed by atoms with van der Waals surface area (Å²) in [7, 11) is 3.33. The van der Waals surface area contributed by atoms with Crippen LogP contribution in [0.25, 0.3) is 0 Å². The lowest BCUT2D eigenvalue weighted by atomic mass is 9.95. The van der Waals surface area contributed by atoms with Crippen LogP contribution in [0, 0.1) is 6.92 Å². The van der Waals surface area contributed by atoms with Crippen molar-refractivity contribution in [1.29, 1.82) is 0 Å². The van der Waals surface area contributed by atoms with E-state index in [4.69, 9.17) is 19.4 Å². The average Bonchev–Trinajstić information content (AvgIpc) is 2.83. The number of aromatic nitrogens is 2. The third kappa shape index (κ3) is 5.04. The molecule has 1 atom stereocenters. The summed E-state index contributed by atoms with van der Waals surface area (Å²) >= 11 is 0. The van der Waals surface area contributed by atoms with Crippen LogP contribution in [0.4, 0.5) is 5.82 Å². The van der Waals surface area contributed by atoms with Gasteiger partial charge in [-0.3, -0.25) is 4.79 Å². The summed E-state index contributed by atoms with van der Waals surface area (Å²) in [4.78, 5) is 26.9. The van der Waals surface area contributed by atoms with E-state index in [-0.39, 0.29) is 11.8 Å². The Morgan fingerprint density at radius 3 is 2.88 bits per heavy atom. The molecule has 0 N–H and O–H groups in total. The molecule has 1 aromatic carbocycles. The Morgan fingerprint density at radius 1 is 1.19 bits per heavy atom. The van der Waals surface area contributed by atoms with Crippen LogP contribution in [0.2, 0.25) is 0 Å². The second kappa shape index (κ2) is 10.3. The zero-order chi connectivity index (χ0) is 22.5. The van der Waals surface area contributed by atoms with Gasteiger partial charge < -0.3 is 19.3 Å². The van der Waals surface area contributed by atoms with Crippen molar-refractivity contribution in [1.82, 2.24) is 14.9 Å². The molecular weight excluding hydrogens is 404 g/mol. The quantitative estimate of drug-likeness (QED) is 0.659. The van der Waals surface area contributed by atoms with Crippen LogP contribution in [-0.2, 0) is 22.5 Å². The van der Waals surface area contributed by atoms with Gasteiger partial charge in [0.2, 0.25) is 5.91 Å². The number of rotatable bonds is 7. The molecule has 0 aliphatic carbocycles. The van der Waals surface area contributed by atoms with Gasteiger partial charge in [0.25, 0.3) is 0 Å². The number of ether oxygens (including phenoxy) is 2. The van der Waals surface area contributed by atoms with Crippen molar-refractivity contribution in [3.05, 3.63) is 46.9 Å². The van der Waals surface area contributed by atoms with Gasteiger partial charge in [0.1, 0.15) is 17.4 Å². The minimum absolute atomic E-state index is 0.158. The monoisotopic (exact) mass is 438 g/mol. The molecule has 1 amide bonds. The average molecular weight is 439 g/mol. The van der Waals surface area contributed by atoms with E-state index in [9.17, 15) is 4.79 Å². The smallest absolute Gasteiger partial charge is 0.224 e. The third-order valence-corrected chi connectivity index (χ3v) is 6.53. The summed E-state index contributed by atoms with van der Waals surface area (Å²) in [6.45, 7) is 5.84. The van der Waals surface area contributed by atoms with Crippen molar-refractivity contribution in [2.45, 2.75) is 51.5 Å². The number of nitrogens with zero attached hydrogens (tertiary/aromatic N) is 4. The summed E-state index contributed by atoms with van der Waals surface area (Å²) in [6, 6.07) is 8.23. The molecular formula is C25H34N4O3. The zero-order valence-corrected chi connectivity index (χ0v) is 19.5. The number of anilines is 1. The fraction of sp³-hybridized carbons (Fsp3) is 0.560. The number of hydrogen-bond donors (Lipinski definition) is 0. The van der Waals surface area contributed by atoms with Crippen molar-refractivity contribution in [3.63, 3.8) is 0 Å². The molecule has 2 aromatic rings. The van der Waals surface area contributed by atoms with Crippen molar-refractivity contribution in [2.75, 3.05) is 45.4 Å². The molecule has 1 aromatic heterocycles. The fourth-order valence-corrected chi connectivity index (χ4v) is 4.80. The Hall–Kier alpha value is -2.67. The number of carbonyl (C=O) groups excluding carboxylic acids is 1. The molecule has 0 radical (unpaired) electrons. The van der Waals surface area contributed by atoms with Gasteiger partial charge in [-0.25, -0.2) is 9.97 Å². The number of amides is 1. The first kappa shape index (κ1) is 22.5. The second-order valence-electron chi connectivity index (χ2n) is 8.77. The van der Waals surface area contributed by atoms with E-state index in [0.717, 1.165) is 68.4 Å². The van der Waals surface area contributed by atoms with Crippen LogP contribution in [0.3, 0.4) is 0 Å². The van der Waals surface area contributed by atoms with Gasteiger partial charge in [-0.2, -0.15) is 0 Å². The standard InChI is InChI=1S/C25H34N4O3/c1-18-22-10-6-13-29(16-19-7-4-9-21(15-19)32-3)25(22)27-24(26-18)20-8-5-12-28(17-20)23(30)11-14-31-2/h4,7,9,15,20H,5-6,8,10-14,16-17H2,1-3H3. The van der Waals surface area contributed by atoms with Crippen LogP contribution in [0.15, 0.2) is 24.3 Å². The summed E-state index contributed by atoms with van der Waals surface area (Å²) in [5.41, 5.74) is 3.54. The van der Waals surface area contributed by atoms with Gasteiger partial charge in [-0.1, -0.05) is 12.1 Å². The summed E-state index contributed by atoms with van der Waals surface area (Å²) < 4.78 is 10.5. The minimum Gasteiger partial charge on any atom is -0.497 e.